The zero-order valence-electron chi connectivity index (χ0n) is 12.5. The summed E-state index contributed by atoms with van der Waals surface area (Å²) < 4.78 is 24.9. The van der Waals surface area contributed by atoms with Gasteiger partial charge in [-0.05, 0) is 38.1 Å². The topological polar surface area (TPSA) is 47.6 Å². The van der Waals surface area contributed by atoms with Crippen LogP contribution in [-0.4, -0.2) is 18.6 Å². The molecule has 5 heteroatoms. The van der Waals surface area contributed by atoms with Crippen molar-refractivity contribution in [2.75, 3.05) is 11.9 Å². The first-order chi connectivity index (χ1) is 10.6. The van der Waals surface area contributed by atoms with Gasteiger partial charge in [0.25, 0.3) is 5.91 Å². The fourth-order valence-electron chi connectivity index (χ4n) is 1.88. The van der Waals surface area contributed by atoms with Gasteiger partial charge in [-0.15, -0.1) is 0 Å². The molecule has 1 atom stereocenters. The van der Waals surface area contributed by atoms with E-state index in [1.165, 1.54) is 12.1 Å². The molecule has 0 aliphatic rings. The molecule has 0 aliphatic carbocycles. The number of hydrogen-bond acceptors (Lipinski definition) is 3. The Morgan fingerprint density at radius 2 is 1.91 bits per heavy atom. The molecule has 2 aromatic carbocycles. The minimum atomic E-state index is -0.672. The van der Waals surface area contributed by atoms with Crippen molar-refractivity contribution in [3.63, 3.8) is 0 Å². The molecule has 0 heterocycles. The third-order valence-electron chi connectivity index (χ3n) is 2.98. The number of carbonyl (C=O) groups excluding carboxylic acids is 1. The predicted molar refractivity (Wildman–Crippen MR) is 82.6 cm³/mol. The van der Waals surface area contributed by atoms with Crippen LogP contribution in [0.4, 0.5) is 10.1 Å². The molecule has 0 radical (unpaired) electrons. The van der Waals surface area contributed by atoms with Crippen LogP contribution in [0.1, 0.15) is 13.8 Å². The van der Waals surface area contributed by atoms with E-state index in [4.69, 9.17) is 9.47 Å². The van der Waals surface area contributed by atoms with Gasteiger partial charge in [0.15, 0.2) is 11.6 Å². The Bertz CT molecular complexity index is 631. The lowest BCUT2D eigenvalue weighted by Crippen LogP contribution is -2.28. The Hall–Kier alpha value is -2.40. The van der Waals surface area contributed by atoms with Crippen LogP contribution >= 0.6 is 0 Å². The van der Waals surface area contributed by atoms with E-state index in [9.17, 15) is 9.18 Å². The highest BCUT2D eigenvalue weighted by molar-refractivity contribution is 5.95. The molecular formula is C17H18FNO3. The van der Waals surface area contributed by atoms with Crippen LogP contribution in [0.2, 0.25) is 0 Å². The molecule has 22 heavy (non-hydrogen) atoms. The molecule has 4 nitrogen and oxygen atoms in total. The molecule has 0 bridgehead atoms. The van der Waals surface area contributed by atoms with Gasteiger partial charge < -0.3 is 14.8 Å². The van der Waals surface area contributed by atoms with Crippen molar-refractivity contribution in [3.8, 4) is 11.5 Å². The lowest BCUT2D eigenvalue weighted by Gasteiger charge is -2.16. The Kier molecular flexibility index (Phi) is 5.49. The standard InChI is InChI=1S/C17H18FNO3/c1-3-21-12(2)17(20)19-16-14(18)10-7-11-15(16)22-13-8-5-4-6-9-13/h4-12H,3H2,1-2H3,(H,19,20)/t12-/m0/s1. The summed E-state index contributed by atoms with van der Waals surface area (Å²) >= 11 is 0. The minimum Gasteiger partial charge on any atom is -0.455 e. The number of ether oxygens (including phenoxy) is 2. The molecule has 1 amide bonds. The lowest BCUT2D eigenvalue weighted by molar-refractivity contribution is -0.126. The monoisotopic (exact) mass is 303 g/mol. The molecule has 0 fully saturated rings. The largest absolute Gasteiger partial charge is 0.455 e. The Balaban J connectivity index is 2.21. The van der Waals surface area contributed by atoms with Gasteiger partial charge in [0.1, 0.15) is 17.5 Å². The number of carbonyl (C=O) groups is 1. The van der Waals surface area contributed by atoms with E-state index in [0.29, 0.717) is 12.4 Å². The minimum absolute atomic E-state index is 0.00269. The van der Waals surface area contributed by atoms with Crippen molar-refractivity contribution in [2.24, 2.45) is 0 Å². The summed E-state index contributed by atoms with van der Waals surface area (Å²) in [7, 11) is 0. The molecule has 0 aliphatic heterocycles. The average molecular weight is 303 g/mol. The number of anilines is 1. The fraction of sp³-hybridized carbons (Fsp3) is 0.235. The number of nitrogens with one attached hydrogen (secondary N) is 1. The van der Waals surface area contributed by atoms with Crippen LogP contribution in [0.5, 0.6) is 11.5 Å². The molecule has 2 aromatic rings. The van der Waals surface area contributed by atoms with E-state index in [-0.39, 0.29) is 11.4 Å². The first-order valence-corrected chi connectivity index (χ1v) is 7.05. The highest BCUT2D eigenvalue weighted by Gasteiger charge is 2.18. The number of rotatable bonds is 6. The zero-order chi connectivity index (χ0) is 15.9. The third kappa shape index (κ3) is 4.05. The van der Waals surface area contributed by atoms with Crippen LogP contribution in [0.15, 0.2) is 48.5 Å². The van der Waals surface area contributed by atoms with Gasteiger partial charge in [0, 0.05) is 6.61 Å². The van der Waals surface area contributed by atoms with Crippen LogP contribution in [0, 0.1) is 5.82 Å². The maximum absolute atomic E-state index is 14.0. The molecule has 0 saturated carbocycles. The zero-order valence-corrected chi connectivity index (χ0v) is 12.5. The average Bonchev–Trinajstić information content (AvgIpc) is 2.52. The van der Waals surface area contributed by atoms with Crippen LogP contribution in [-0.2, 0) is 9.53 Å². The molecule has 0 saturated heterocycles. The van der Waals surface area contributed by atoms with Crippen LogP contribution in [0.25, 0.3) is 0 Å². The molecule has 0 spiro atoms. The Labute approximate surface area is 128 Å². The van der Waals surface area contributed by atoms with Crippen molar-refractivity contribution >= 4 is 11.6 Å². The normalized spacial score (nSPS) is 11.8. The number of para-hydroxylation sites is 2. The van der Waals surface area contributed by atoms with Gasteiger partial charge in [-0.25, -0.2) is 4.39 Å². The van der Waals surface area contributed by atoms with Gasteiger partial charge in [0.05, 0.1) is 0 Å². The van der Waals surface area contributed by atoms with Gasteiger partial charge in [0.2, 0.25) is 0 Å². The third-order valence-corrected chi connectivity index (χ3v) is 2.98. The van der Waals surface area contributed by atoms with E-state index >= 15 is 0 Å². The first kappa shape index (κ1) is 16.0. The fourth-order valence-corrected chi connectivity index (χ4v) is 1.88. The van der Waals surface area contributed by atoms with E-state index in [0.717, 1.165) is 0 Å². The Morgan fingerprint density at radius 1 is 1.18 bits per heavy atom. The lowest BCUT2D eigenvalue weighted by atomic mass is 10.2. The van der Waals surface area contributed by atoms with Crippen molar-refractivity contribution in [2.45, 2.75) is 20.0 Å². The van der Waals surface area contributed by atoms with Gasteiger partial charge in [-0.3, -0.25) is 4.79 Å². The van der Waals surface area contributed by atoms with Gasteiger partial charge in [-0.1, -0.05) is 24.3 Å². The molecular weight excluding hydrogens is 285 g/mol. The van der Waals surface area contributed by atoms with Crippen molar-refractivity contribution < 1.29 is 18.7 Å². The smallest absolute Gasteiger partial charge is 0.253 e. The van der Waals surface area contributed by atoms with Gasteiger partial charge in [-0.2, -0.15) is 0 Å². The molecule has 116 valence electrons. The number of amides is 1. The summed E-state index contributed by atoms with van der Waals surface area (Å²) in [5.74, 6) is -0.194. The van der Waals surface area contributed by atoms with Crippen LogP contribution in [0.3, 0.4) is 0 Å². The summed E-state index contributed by atoms with van der Waals surface area (Å²) in [5.41, 5.74) is 0.00269. The highest BCUT2D eigenvalue weighted by atomic mass is 19.1. The van der Waals surface area contributed by atoms with Crippen molar-refractivity contribution in [1.29, 1.82) is 0 Å². The first-order valence-electron chi connectivity index (χ1n) is 7.05. The highest BCUT2D eigenvalue weighted by Crippen LogP contribution is 2.31. The molecule has 1 N–H and O–H groups in total. The summed E-state index contributed by atoms with van der Waals surface area (Å²) in [4.78, 5) is 12.0. The van der Waals surface area contributed by atoms with E-state index in [2.05, 4.69) is 5.32 Å². The SMILES string of the molecule is CCO[C@@H](C)C(=O)Nc1c(F)cccc1Oc1ccccc1. The quantitative estimate of drug-likeness (QED) is 0.878. The summed E-state index contributed by atoms with van der Waals surface area (Å²) in [6, 6.07) is 13.3. The number of benzene rings is 2. The molecule has 0 aromatic heterocycles. The second-order valence-electron chi connectivity index (χ2n) is 4.61. The molecule has 2 rings (SSSR count). The summed E-state index contributed by atoms with van der Waals surface area (Å²) in [6.45, 7) is 3.80. The van der Waals surface area contributed by atoms with E-state index in [1.54, 1.807) is 32.0 Å². The van der Waals surface area contributed by atoms with E-state index < -0.39 is 17.8 Å². The van der Waals surface area contributed by atoms with Crippen molar-refractivity contribution in [3.05, 3.63) is 54.3 Å². The van der Waals surface area contributed by atoms with Crippen LogP contribution < -0.4 is 10.1 Å². The Morgan fingerprint density at radius 3 is 2.59 bits per heavy atom. The second-order valence-corrected chi connectivity index (χ2v) is 4.61. The summed E-state index contributed by atoms with van der Waals surface area (Å²) in [6.07, 6.45) is -0.672. The maximum atomic E-state index is 14.0. The van der Waals surface area contributed by atoms with Crippen molar-refractivity contribution in [1.82, 2.24) is 0 Å². The molecule has 0 unspecified atom stereocenters. The maximum Gasteiger partial charge on any atom is 0.253 e. The van der Waals surface area contributed by atoms with Gasteiger partial charge >= 0.3 is 0 Å². The number of halogens is 1. The number of hydrogen-bond donors (Lipinski definition) is 1. The summed E-state index contributed by atoms with van der Waals surface area (Å²) in [5, 5.41) is 2.52. The second kappa shape index (κ2) is 7.56. The predicted octanol–water partition coefficient (Wildman–Crippen LogP) is 3.98. The van der Waals surface area contributed by atoms with E-state index in [1.807, 2.05) is 18.2 Å².